The summed E-state index contributed by atoms with van der Waals surface area (Å²) in [5.74, 6) is 0.372. The Bertz CT molecular complexity index is 752. The van der Waals surface area contributed by atoms with Gasteiger partial charge in [0, 0.05) is 8.95 Å². The first-order valence-corrected chi connectivity index (χ1v) is 8.09. The summed E-state index contributed by atoms with van der Waals surface area (Å²) < 4.78 is 11.5. The zero-order chi connectivity index (χ0) is 14.7. The summed E-state index contributed by atoms with van der Waals surface area (Å²) >= 11 is 3.62. The van der Waals surface area contributed by atoms with Crippen LogP contribution in [0.3, 0.4) is 0 Å². The molecule has 0 unspecified atom stereocenters. The lowest BCUT2D eigenvalue weighted by molar-refractivity contribution is 0.0468. The van der Waals surface area contributed by atoms with Crippen LogP contribution < -0.4 is 0 Å². The summed E-state index contributed by atoms with van der Waals surface area (Å²) in [4.78, 5) is 16.3. The number of benzene rings is 1. The minimum Gasteiger partial charge on any atom is -0.462 e. The van der Waals surface area contributed by atoms with Crippen LogP contribution in [-0.4, -0.2) is 11.0 Å². The number of esters is 1. The third-order valence-corrected chi connectivity index (χ3v) is 4.27. The van der Waals surface area contributed by atoms with Crippen molar-refractivity contribution in [3.05, 3.63) is 62.9 Å². The Morgan fingerprint density at radius 2 is 2.24 bits per heavy atom. The molecule has 106 valence electrons. The van der Waals surface area contributed by atoms with Gasteiger partial charge >= 0.3 is 5.97 Å². The van der Waals surface area contributed by atoms with Gasteiger partial charge in [0.05, 0.1) is 17.5 Å². The van der Waals surface area contributed by atoms with E-state index in [-0.39, 0.29) is 12.6 Å². The predicted molar refractivity (Wildman–Crippen MR) is 88.1 cm³/mol. The van der Waals surface area contributed by atoms with Crippen LogP contribution in [0, 0.1) is 3.57 Å². The molecule has 0 aliphatic carbocycles. The fourth-order valence-corrected chi connectivity index (χ4v) is 3.04. The Morgan fingerprint density at radius 3 is 3.00 bits per heavy atom. The summed E-state index contributed by atoms with van der Waals surface area (Å²) in [6.45, 7) is 0.154. The van der Waals surface area contributed by atoms with Crippen molar-refractivity contribution in [2.75, 3.05) is 0 Å². The Labute approximate surface area is 138 Å². The van der Waals surface area contributed by atoms with Crippen molar-refractivity contribution < 1.29 is 13.9 Å². The monoisotopic (exact) mass is 411 g/mol. The molecule has 0 bridgehead atoms. The Kier molecular flexibility index (Phi) is 4.35. The van der Waals surface area contributed by atoms with Crippen LogP contribution in [0.15, 0.2) is 52.5 Å². The van der Waals surface area contributed by atoms with Crippen LogP contribution in [0.5, 0.6) is 0 Å². The molecule has 0 amide bonds. The van der Waals surface area contributed by atoms with Gasteiger partial charge in [0.25, 0.3) is 0 Å². The molecule has 2 aromatic heterocycles. The van der Waals surface area contributed by atoms with Gasteiger partial charge in [-0.2, -0.15) is 0 Å². The number of carbonyl (C=O) groups is 1. The van der Waals surface area contributed by atoms with Crippen molar-refractivity contribution in [1.82, 2.24) is 4.98 Å². The van der Waals surface area contributed by atoms with E-state index in [4.69, 9.17) is 9.15 Å². The Morgan fingerprint density at radius 1 is 1.33 bits per heavy atom. The number of rotatable bonds is 4. The van der Waals surface area contributed by atoms with Gasteiger partial charge in [-0.1, -0.05) is 6.07 Å². The van der Waals surface area contributed by atoms with Gasteiger partial charge in [-0.05, 0) is 52.9 Å². The quantitative estimate of drug-likeness (QED) is 0.473. The molecule has 0 saturated carbocycles. The summed E-state index contributed by atoms with van der Waals surface area (Å²) in [6, 6.07) is 10.9. The highest BCUT2D eigenvalue weighted by Gasteiger charge is 2.11. The number of thiazole rings is 1. The van der Waals surface area contributed by atoms with Gasteiger partial charge in [0.2, 0.25) is 0 Å². The van der Waals surface area contributed by atoms with E-state index in [2.05, 4.69) is 27.6 Å². The van der Waals surface area contributed by atoms with E-state index in [0.29, 0.717) is 11.3 Å². The van der Waals surface area contributed by atoms with Gasteiger partial charge < -0.3 is 9.15 Å². The second-order valence-corrected chi connectivity index (χ2v) is 6.31. The number of furan rings is 1. The van der Waals surface area contributed by atoms with Gasteiger partial charge in [-0.3, -0.25) is 0 Å². The van der Waals surface area contributed by atoms with E-state index in [0.717, 1.165) is 14.3 Å². The molecule has 0 spiro atoms. The van der Waals surface area contributed by atoms with E-state index in [1.54, 1.807) is 18.4 Å². The number of hydrogen-bond donors (Lipinski definition) is 0. The first-order chi connectivity index (χ1) is 10.2. The van der Waals surface area contributed by atoms with Crippen LogP contribution >= 0.6 is 33.9 Å². The standard InChI is InChI=1S/C15H10INO3S/c16-11-4-1-3-10(7-11)15(18)20-8-12-9-21-14(17-12)13-5-2-6-19-13/h1-7,9H,8H2. The summed E-state index contributed by atoms with van der Waals surface area (Å²) in [7, 11) is 0. The number of aromatic nitrogens is 1. The minimum absolute atomic E-state index is 0.154. The average Bonchev–Trinajstić information content (AvgIpc) is 3.15. The predicted octanol–water partition coefficient (Wildman–Crippen LogP) is 4.36. The molecule has 21 heavy (non-hydrogen) atoms. The Hall–Kier alpha value is -1.67. The highest BCUT2D eigenvalue weighted by Crippen LogP contribution is 2.24. The van der Waals surface area contributed by atoms with Crippen LogP contribution in [0.1, 0.15) is 16.1 Å². The number of ether oxygens (including phenoxy) is 1. The van der Waals surface area contributed by atoms with Crippen molar-refractivity contribution in [3.63, 3.8) is 0 Å². The maximum atomic E-state index is 11.9. The van der Waals surface area contributed by atoms with E-state index in [1.165, 1.54) is 11.3 Å². The van der Waals surface area contributed by atoms with Crippen LogP contribution in [0.4, 0.5) is 0 Å². The average molecular weight is 411 g/mol. The van der Waals surface area contributed by atoms with Crippen molar-refractivity contribution in [2.24, 2.45) is 0 Å². The zero-order valence-electron chi connectivity index (χ0n) is 10.8. The van der Waals surface area contributed by atoms with E-state index in [9.17, 15) is 4.79 Å². The molecule has 3 rings (SSSR count). The van der Waals surface area contributed by atoms with Crippen LogP contribution in [0.2, 0.25) is 0 Å². The lowest BCUT2D eigenvalue weighted by Gasteiger charge is -2.03. The second kappa shape index (κ2) is 6.40. The third kappa shape index (κ3) is 3.51. The number of halogens is 1. The zero-order valence-corrected chi connectivity index (χ0v) is 13.8. The molecule has 0 aliphatic heterocycles. The van der Waals surface area contributed by atoms with Crippen LogP contribution in [0.25, 0.3) is 10.8 Å². The smallest absolute Gasteiger partial charge is 0.338 e. The SMILES string of the molecule is O=C(OCc1csc(-c2ccco2)n1)c1cccc(I)c1. The van der Waals surface area contributed by atoms with Crippen LogP contribution in [-0.2, 0) is 11.3 Å². The van der Waals surface area contributed by atoms with E-state index in [1.807, 2.05) is 29.6 Å². The maximum absolute atomic E-state index is 11.9. The number of hydrogen-bond acceptors (Lipinski definition) is 5. The molecule has 0 aliphatic rings. The molecule has 6 heteroatoms. The second-order valence-electron chi connectivity index (χ2n) is 4.21. The molecule has 1 aromatic carbocycles. The lowest BCUT2D eigenvalue weighted by Crippen LogP contribution is -2.05. The molecule has 3 aromatic rings. The summed E-state index contributed by atoms with van der Waals surface area (Å²) in [5.41, 5.74) is 1.26. The molecule has 0 fully saturated rings. The highest BCUT2D eigenvalue weighted by molar-refractivity contribution is 14.1. The normalized spacial score (nSPS) is 10.5. The first kappa shape index (κ1) is 14.3. The molecule has 4 nitrogen and oxygen atoms in total. The summed E-state index contributed by atoms with van der Waals surface area (Å²) in [6.07, 6.45) is 1.60. The van der Waals surface area contributed by atoms with Crippen molar-refractivity contribution >= 4 is 39.9 Å². The molecule has 0 N–H and O–H groups in total. The van der Waals surface area contributed by atoms with Crippen molar-refractivity contribution in [1.29, 1.82) is 0 Å². The Balaban J connectivity index is 1.64. The maximum Gasteiger partial charge on any atom is 0.338 e. The molecule has 2 heterocycles. The van der Waals surface area contributed by atoms with Gasteiger partial charge in [0.15, 0.2) is 10.8 Å². The first-order valence-electron chi connectivity index (χ1n) is 6.13. The molecule has 0 atom stereocenters. The van der Waals surface area contributed by atoms with E-state index < -0.39 is 0 Å². The molecular weight excluding hydrogens is 401 g/mol. The number of nitrogens with zero attached hydrogens (tertiary/aromatic N) is 1. The minimum atomic E-state index is -0.346. The van der Waals surface area contributed by atoms with Crippen molar-refractivity contribution in [3.8, 4) is 10.8 Å². The van der Waals surface area contributed by atoms with E-state index >= 15 is 0 Å². The topological polar surface area (TPSA) is 52.3 Å². The third-order valence-electron chi connectivity index (χ3n) is 2.70. The van der Waals surface area contributed by atoms with Gasteiger partial charge in [-0.15, -0.1) is 11.3 Å². The molecular formula is C15H10INO3S. The summed E-state index contributed by atoms with van der Waals surface area (Å²) in [5, 5.41) is 2.64. The van der Waals surface area contributed by atoms with Crippen molar-refractivity contribution in [2.45, 2.75) is 6.61 Å². The fraction of sp³-hybridized carbons (Fsp3) is 0.0667. The van der Waals surface area contributed by atoms with Gasteiger partial charge in [-0.25, -0.2) is 9.78 Å². The van der Waals surface area contributed by atoms with Gasteiger partial charge in [0.1, 0.15) is 6.61 Å². The molecule has 0 radical (unpaired) electrons. The lowest BCUT2D eigenvalue weighted by atomic mass is 10.2. The molecule has 0 saturated heterocycles. The fourth-order valence-electron chi connectivity index (χ4n) is 1.72. The number of carbonyl (C=O) groups excluding carboxylic acids is 1. The largest absolute Gasteiger partial charge is 0.462 e. The highest BCUT2D eigenvalue weighted by atomic mass is 127.